The number of nitrogens with one attached hydrogen (secondary N) is 1. The van der Waals surface area contributed by atoms with Crippen LogP contribution in [0, 0.1) is 5.92 Å². The van der Waals surface area contributed by atoms with Crippen LogP contribution in [0.4, 0.5) is 18.9 Å². The van der Waals surface area contributed by atoms with Crippen molar-refractivity contribution in [2.75, 3.05) is 11.9 Å². The van der Waals surface area contributed by atoms with E-state index in [1.54, 1.807) is 6.07 Å². The molecular formula is C11H14F3N. The van der Waals surface area contributed by atoms with Crippen LogP contribution in [0.1, 0.15) is 19.4 Å². The Labute approximate surface area is 87.3 Å². The molecule has 0 aliphatic rings. The molecule has 1 aromatic carbocycles. The first kappa shape index (κ1) is 11.9. The highest BCUT2D eigenvalue weighted by molar-refractivity contribution is 5.46. The molecule has 15 heavy (non-hydrogen) atoms. The topological polar surface area (TPSA) is 12.0 Å². The van der Waals surface area contributed by atoms with Crippen LogP contribution in [0.25, 0.3) is 0 Å². The van der Waals surface area contributed by atoms with E-state index in [1.807, 2.05) is 13.8 Å². The maximum Gasteiger partial charge on any atom is 0.416 e. The van der Waals surface area contributed by atoms with Gasteiger partial charge in [0.1, 0.15) is 0 Å². The molecule has 0 amide bonds. The van der Waals surface area contributed by atoms with Gasteiger partial charge in [-0.25, -0.2) is 0 Å². The summed E-state index contributed by atoms with van der Waals surface area (Å²) in [5, 5.41) is 2.96. The Hall–Kier alpha value is -1.19. The second kappa shape index (κ2) is 4.55. The highest BCUT2D eigenvalue weighted by Crippen LogP contribution is 2.30. The molecule has 1 rings (SSSR count). The second-order valence-electron chi connectivity index (χ2n) is 3.85. The van der Waals surface area contributed by atoms with Crippen molar-refractivity contribution in [2.24, 2.45) is 5.92 Å². The van der Waals surface area contributed by atoms with Crippen LogP contribution in [-0.4, -0.2) is 6.54 Å². The average Bonchev–Trinajstić information content (AvgIpc) is 2.14. The van der Waals surface area contributed by atoms with Gasteiger partial charge >= 0.3 is 6.18 Å². The number of benzene rings is 1. The van der Waals surface area contributed by atoms with Crippen LogP contribution in [0.5, 0.6) is 0 Å². The predicted molar refractivity (Wildman–Crippen MR) is 54.8 cm³/mol. The summed E-state index contributed by atoms with van der Waals surface area (Å²) in [6.45, 7) is 4.67. The molecule has 0 aromatic heterocycles. The number of halogens is 3. The summed E-state index contributed by atoms with van der Waals surface area (Å²) < 4.78 is 37.0. The molecule has 0 saturated carbocycles. The van der Waals surface area contributed by atoms with Crippen molar-refractivity contribution in [3.8, 4) is 0 Å². The molecule has 1 aromatic rings. The summed E-state index contributed by atoms with van der Waals surface area (Å²) in [5.74, 6) is 0.402. The molecule has 1 N–H and O–H groups in total. The van der Waals surface area contributed by atoms with Gasteiger partial charge in [-0.3, -0.25) is 0 Å². The normalized spacial score (nSPS) is 11.9. The number of rotatable bonds is 3. The molecule has 4 heteroatoms. The zero-order valence-corrected chi connectivity index (χ0v) is 8.73. The molecule has 0 unspecified atom stereocenters. The van der Waals surface area contributed by atoms with Crippen molar-refractivity contribution in [3.05, 3.63) is 29.8 Å². The van der Waals surface area contributed by atoms with E-state index in [2.05, 4.69) is 5.32 Å². The molecule has 0 saturated heterocycles. The Morgan fingerprint density at radius 3 is 2.47 bits per heavy atom. The lowest BCUT2D eigenvalue weighted by Gasteiger charge is -2.11. The van der Waals surface area contributed by atoms with Crippen molar-refractivity contribution in [3.63, 3.8) is 0 Å². The highest BCUT2D eigenvalue weighted by Gasteiger charge is 2.30. The summed E-state index contributed by atoms with van der Waals surface area (Å²) in [5.41, 5.74) is -0.102. The fourth-order valence-corrected chi connectivity index (χ4v) is 1.13. The van der Waals surface area contributed by atoms with E-state index in [-0.39, 0.29) is 0 Å². The molecule has 1 nitrogen and oxygen atoms in total. The zero-order valence-electron chi connectivity index (χ0n) is 8.73. The van der Waals surface area contributed by atoms with Crippen molar-refractivity contribution in [1.29, 1.82) is 0 Å². The largest absolute Gasteiger partial charge is 0.416 e. The van der Waals surface area contributed by atoms with Crippen molar-refractivity contribution < 1.29 is 13.2 Å². The Bertz CT molecular complexity index is 318. The lowest BCUT2D eigenvalue weighted by atomic mass is 10.1. The lowest BCUT2D eigenvalue weighted by Crippen LogP contribution is -2.10. The quantitative estimate of drug-likeness (QED) is 0.812. The maximum atomic E-state index is 12.3. The summed E-state index contributed by atoms with van der Waals surface area (Å²) in [6.07, 6.45) is -4.27. The third kappa shape index (κ3) is 3.81. The molecule has 0 fully saturated rings. The van der Waals surface area contributed by atoms with Crippen molar-refractivity contribution >= 4 is 5.69 Å². The predicted octanol–water partition coefficient (Wildman–Crippen LogP) is 3.77. The molecule has 0 bridgehead atoms. The van der Waals surface area contributed by atoms with E-state index in [1.165, 1.54) is 6.07 Å². The van der Waals surface area contributed by atoms with Gasteiger partial charge in [0, 0.05) is 12.2 Å². The standard InChI is InChI=1S/C11H14F3N/c1-8(2)7-15-10-5-3-4-9(6-10)11(12,13)14/h3-6,8,15H,7H2,1-2H3. The minimum Gasteiger partial charge on any atom is -0.385 e. The number of hydrogen-bond donors (Lipinski definition) is 1. The van der Waals surface area contributed by atoms with Gasteiger partial charge in [0.15, 0.2) is 0 Å². The fraction of sp³-hybridized carbons (Fsp3) is 0.455. The van der Waals surface area contributed by atoms with Crippen LogP contribution >= 0.6 is 0 Å². The average molecular weight is 217 g/mol. The van der Waals surface area contributed by atoms with E-state index < -0.39 is 11.7 Å². The first-order valence-electron chi connectivity index (χ1n) is 4.80. The third-order valence-corrected chi connectivity index (χ3v) is 1.90. The van der Waals surface area contributed by atoms with Crippen molar-refractivity contribution in [2.45, 2.75) is 20.0 Å². The zero-order chi connectivity index (χ0) is 11.5. The minimum absolute atomic E-state index is 0.402. The molecule has 0 heterocycles. The summed E-state index contributed by atoms with van der Waals surface area (Å²) in [6, 6.07) is 5.24. The van der Waals surface area contributed by atoms with Crippen LogP contribution in [-0.2, 0) is 6.18 Å². The molecule has 0 aliphatic heterocycles. The number of anilines is 1. The fourth-order valence-electron chi connectivity index (χ4n) is 1.13. The Kier molecular flexibility index (Phi) is 3.61. The second-order valence-corrected chi connectivity index (χ2v) is 3.85. The van der Waals surface area contributed by atoms with E-state index in [0.717, 1.165) is 12.1 Å². The van der Waals surface area contributed by atoms with Crippen LogP contribution < -0.4 is 5.32 Å². The van der Waals surface area contributed by atoms with Gasteiger partial charge in [0.2, 0.25) is 0 Å². The van der Waals surface area contributed by atoms with Gasteiger partial charge in [-0.15, -0.1) is 0 Å². The van der Waals surface area contributed by atoms with E-state index >= 15 is 0 Å². The van der Waals surface area contributed by atoms with Gasteiger partial charge < -0.3 is 5.32 Å². The number of alkyl halides is 3. The highest BCUT2D eigenvalue weighted by atomic mass is 19.4. The first-order valence-corrected chi connectivity index (χ1v) is 4.80. The molecule has 0 aliphatic carbocycles. The molecule has 0 atom stereocenters. The summed E-state index contributed by atoms with van der Waals surface area (Å²) >= 11 is 0. The first-order chi connectivity index (χ1) is 6.89. The summed E-state index contributed by atoms with van der Waals surface area (Å²) in [4.78, 5) is 0. The Morgan fingerprint density at radius 2 is 1.93 bits per heavy atom. The minimum atomic E-state index is -4.27. The molecule has 0 spiro atoms. The maximum absolute atomic E-state index is 12.3. The van der Waals surface area contributed by atoms with Gasteiger partial charge in [0.05, 0.1) is 5.56 Å². The molecular weight excluding hydrogens is 203 g/mol. The van der Waals surface area contributed by atoms with Gasteiger partial charge in [-0.05, 0) is 24.1 Å². The SMILES string of the molecule is CC(C)CNc1cccc(C(F)(F)F)c1. The molecule has 0 radical (unpaired) electrons. The van der Waals surface area contributed by atoms with E-state index in [4.69, 9.17) is 0 Å². The van der Waals surface area contributed by atoms with Gasteiger partial charge in [-0.2, -0.15) is 13.2 Å². The van der Waals surface area contributed by atoms with Gasteiger partial charge in [0.25, 0.3) is 0 Å². The third-order valence-electron chi connectivity index (χ3n) is 1.90. The lowest BCUT2D eigenvalue weighted by molar-refractivity contribution is -0.137. The molecule has 84 valence electrons. The van der Waals surface area contributed by atoms with Crippen LogP contribution in [0.2, 0.25) is 0 Å². The summed E-state index contributed by atoms with van der Waals surface area (Å²) in [7, 11) is 0. The smallest absolute Gasteiger partial charge is 0.385 e. The monoisotopic (exact) mass is 217 g/mol. The van der Waals surface area contributed by atoms with E-state index in [0.29, 0.717) is 18.2 Å². The van der Waals surface area contributed by atoms with E-state index in [9.17, 15) is 13.2 Å². The van der Waals surface area contributed by atoms with Gasteiger partial charge in [-0.1, -0.05) is 19.9 Å². The Balaban J connectivity index is 2.75. The van der Waals surface area contributed by atoms with Crippen molar-refractivity contribution in [1.82, 2.24) is 0 Å². The number of hydrogen-bond acceptors (Lipinski definition) is 1. The van der Waals surface area contributed by atoms with Crippen LogP contribution in [0.15, 0.2) is 24.3 Å². The van der Waals surface area contributed by atoms with Crippen LogP contribution in [0.3, 0.4) is 0 Å². The Morgan fingerprint density at radius 1 is 1.27 bits per heavy atom.